The van der Waals surface area contributed by atoms with Crippen LogP contribution in [0.3, 0.4) is 0 Å². The number of carboxylic acids is 1. The predicted molar refractivity (Wildman–Crippen MR) is 220 cm³/mol. The van der Waals surface area contributed by atoms with E-state index in [2.05, 4.69) is 132 Å². The highest BCUT2D eigenvalue weighted by Crippen LogP contribution is 2.24. The fraction of sp³-hybridized carbons (Fsp3) is 0.130. The number of carbonyl (C=O) groups excluding carboxylic acids is 1. The summed E-state index contributed by atoms with van der Waals surface area (Å²) < 4.78 is 10.1. The number of esters is 1. The van der Waals surface area contributed by atoms with Crippen molar-refractivity contribution in [3.63, 3.8) is 0 Å². The molecule has 0 aliphatic heterocycles. The molecule has 55 heavy (non-hydrogen) atoms. The molecule has 0 unspecified atom stereocenters. The zero-order chi connectivity index (χ0) is 38.3. The van der Waals surface area contributed by atoms with Crippen LogP contribution in [0, 0.1) is 6.92 Å². The SMILES string of the molecule is COC(=O)c1cc(Br)cnc1Cc1ccc2c(ccn2Cc2ccccc2)c1.Cc1cnc(Cc2ccc3c(ccn3Cc3ccccc3)c2)c(C(=O)O)c1. The van der Waals surface area contributed by atoms with E-state index in [1.54, 1.807) is 24.5 Å². The lowest BCUT2D eigenvalue weighted by molar-refractivity contribution is 0.0598. The first kappa shape index (κ1) is 37.0. The van der Waals surface area contributed by atoms with Gasteiger partial charge in [0.25, 0.3) is 0 Å². The van der Waals surface area contributed by atoms with Gasteiger partial charge in [-0.1, -0.05) is 72.8 Å². The molecule has 0 bridgehead atoms. The molecule has 0 saturated heterocycles. The maximum Gasteiger partial charge on any atom is 0.339 e. The number of carbonyl (C=O) groups is 2. The number of ether oxygens (including phenoxy) is 1. The number of nitrogens with zero attached hydrogens (tertiary/aromatic N) is 4. The first-order valence-corrected chi connectivity index (χ1v) is 18.7. The van der Waals surface area contributed by atoms with Gasteiger partial charge < -0.3 is 19.0 Å². The highest BCUT2D eigenvalue weighted by Gasteiger charge is 2.16. The van der Waals surface area contributed by atoms with Gasteiger partial charge in [-0.3, -0.25) is 9.97 Å². The van der Waals surface area contributed by atoms with Crippen LogP contribution in [0.4, 0.5) is 0 Å². The molecular formula is C46H39BrN4O4. The number of halogens is 1. The van der Waals surface area contributed by atoms with Gasteiger partial charge in [-0.2, -0.15) is 0 Å². The van der Waals surface area contributed by atoms with Crippen molar-refractivity contribution in [3.05, 3.63) is 201 Å². The number of methoxy groups -OCH3 is 1. The number of rotatable bonds is 10. The summed E-state index contributed by atoms with van der Waals surface area (Å²) in [6.45, 7) is 3.52. The smallest absolute Gasteiger partial charge is 0.339 e. The van der Waals surface area contributed by atoms with Gasteiger partial charge in [0, 0.05) is 66.2 Å². The minimum Gasteiger partial charge on any atom is -0.478 e. The van der Waals surface area contributed by atoms with Crippen LogP contribution < -0.4 is 0 Å². The van der Waals surface area contributed by atoms with E-state index < -0.39 is 5.97 Å². The molecule has 9 heteroatoms. The lowest BCUT2D eigenvalue weighted by Crippen LogP contribution is -2.08. The number of carboxylic acid groups (broad SMARTS) is 1. The second-order valence-corrected chi connectivity index (χ2v) is 14.4. The Balaban J connectivity index is 0.000000169. The van der Waals surface area contributed by atoms with Crippen LogP contribution in [-0.2, 0) is 30.7 Å². The number of fused-ring (bicyclic) bond motifs is 2. The van der Waals surface area contributed by atoms with E-state index in [1.807, 2.05) is 31.2 Å². The number of pyridine rings is 2. The first-order valence-electron chi connectivity index (χ1n) is 17.9. The van der Waals surface area contributed by atoms with Crippen molar-refractivity contribution >= 4 is 49.7 Å². The Kier molecular flexibility index (Phi) is 11.3. The van der Waals surface area contributed by atoms with Crippen molar-refractivity contribution in [2.45, 2.75) is 32.9 Å². The van der Waals surface area contributed by atoms with Gasteiger partial charge in [-0.25, -0.2) is 9.59 Å². The third-order valence-electron chi connectivity index (χ3n) is 9.48. The summed E-state index contributed by atoms with van der Waals surface area (Å²) >= 11 is 3.37. The van der Waals surface area contributed by atoms with E-state index in [4.69, 9.17) is 4.74 Å². The number of aromatic carboxylic acids is 1. The minimum absolute atomic E-state index is 0.275. The van der Waals surface area contributed by atoms with Gasteiger partial charge in [0.15, 0.2) is 0 Å². The van der Waals surface area contributed by atoms with Crippen molar-refractivity contribution in [2.24, 2.45) is 0 Å². The molecule has 8 nitrogen and oxygen atoms in total. The Hall–Kier alpha value is -6.32. The standard InChI is InChI=1S/C23H19BrN2O2.C23H20N2O2/c1-28-23(27)20-13-19(24)14-25-21(20)12-17-7-8-22-18(11-17)9-10-26(22)15-16-5-3-2-4-6-16;1-16-11-20(23(26)27)21(24-14-16)13-18-7-8-22-19(12-18)9-10-25(22)15-17-5-3-2-4-6-17/h2-11,13-14H,12,15H2,1H3;2-12,14H,13,15H2,1H3,(H,26,27). The summed E-state index contributed by atoms with van der Waals surface area (Å²) in [4.78, 5) is 32.4. The quantitative estimate of drug-likeness (QED) is 0.139. The summed E-state index contributed by atoms with van der Waals surface area (Å²) in [5.74, 6) is -1.31. The molecule has 8 rings (SSSR count). The molecule has 4 aromatic carbocycles. The number of aryl methyl sites for hydroxylation is 1. The highest BCUT2D eigenvalue weighted by molar-refractivity contribution is 9.10. The maximum atomic E-state index is 12.1. The Bertz CT molecular complexity index is 2610. The normalized spacial score (nSPS) is 11.0. The molecule has 0 amide bonds. The van der Waals surface area contributed by atoms with Crippen molar-refractivity contribution in [1.82, 2.24) is 19.1 Å². The third-order valence-corrected chi connectivity index (χ3v) is 9.92. The second-order valence-electron chi connectivity index (χ2n) is 13.4. The molecule has 0 radical (unpaired) electrons. The predicted octanol–water partition coefficient (Wildman–Crippen LogP) is 9.91. The van der Waals surface area contributed by atoms with Gasteiger partial charge >= 0.3 is 11.9 Å². The maximum absolute atomic E-state index is 12.1. The molecule has 1 N–H and O–H groups in total. The summed E-state index contributed by atoms with van der Waals surface area (Å²) in [7, 11) is 1.38. The Morgan fingerprint density at radius 3 is 1.65 bits per heavy atom. The molecule has 0 saturated carbocycles. The fourth-order valence-electron chi connectivity index (χ4n) is 6.76. The average Bonchev–Trinajstić information content (AvgIpc) is 3.79. The van der Waals surface area contributed by atoms with E-state index in [-0.39, 0.29) is 11.5 Å². The highest BCUT2D eigenvalue weighted by atomic mass is 79.9. The van der Waals surface area contributed by atoms with E-state index >= 15 is 0 Å². The summed E-state index contributed by atoms with van der Waals surface area (Å²) in [5, 5.41) is 11.8. The molecule has 8 aromatic rings. The summed E-state index contributed by atoms with van der Waals surface area (Å²) in [6, 6.07) is 41.1. The van der Waals surface area contributed by atoms with Crippen LogP contribution in [0.1, 0.15) is 59.9 Å². The van der Waals surface area contributed by atoms with Crippen LogP contribution >= 0.6 is 15.9 Å². The zero-order valence-corrected chi connectivity index (χ0v) is 32.1. The van der Waals surface area contributed by atoms with E-state index in [1.165, 1.54) is 29.1 Å². The molecule has 4 heterocycles. The van der Waals surface area contributed by atoms with Gasteiger partial charge in [-0.15, -0.1) is 0 Å². The second kappa shape index (κ2) is 16.8. The Morgan fingerprint density at radius 2 is 1.15 bits per heavy atom. The van der Waals surface area contributed by atoms with Gasteiger partial charge in [0.1, 0.15) is 0 Å². The van der Waals surface area contributed by atoms with Crippen LogP contribution in [0.2, 0.25) is 0 Å². The van der Waals surface area contributed by atoms with Gasteiger partial charge in [0.05, 0.1) is 29.6 Å². The largest absolute Gasteiger partial charge is 0.478 e. The Morgan fingerprint density at radius 1 is 0.636 bits per heavy atom. The van der Waals surface area contributed by atoms with Crippen molar-refractivity contribution in [3.8, 4) is 0 Å². The number of aromatic nitrogens is 4. The summed E-state index contributed by atoms with van der Waals surface area (Å²) in [6.07, 6.45) is 8.69. The van der Waals surface area contributed by atoms with Gasteiger partial charge in [0.2, 0.25) is 0 Å². The average molecular weight is 792 g/mol. The van der Waals surface area contributed by atoms with Crippen molar-refractivity contribution < 1.29 is 19.4 Å². The molecule has 4 aromatic heterocycles. The molecular weight excluding hydrogens is 752 g/mol. The molecule has 0 spiro atoms. The lowest BCUT2D eigenvalue weighted by Gasteiger charge is -2.09. The zero-order valence-electron chi connectivity index (χ0n) is 30.5. The van der Waals surface area contributed by atoms with Crippen LogP contribution in [-0.4, -0.2) is 43.3 Å². The molecule has 0 fully saturated rings. The minimum atomic E-state index is -0.934. The van der Waals surface area contributed by atoms with Crippen molar-refractivity contribution in [1.29, 1.82) is 0 Å². The fourth-order valence-corrected chi connectivity index (χ4v) is 7.09. The third kappa shape index (κ3) is 8.91. The topological polar surface area (TPSA) is 99.2 Å². The van der Waals surface area contributed by atoms with E-state index in [9.17, 15) is 14.7 Å². The molecule has 0 aliphatic carbocycles. The molecule has 274 valence electrons. The molecule has 0 aliphatic rings. The number of hydrogen-bond acceptors (Lipinski definition) is 5. The van der Waals surface area contributed by atoms with Gasteiger partial charge in [-0.05, 0) is 110 Å². The monoisotopic (exact) mass is 790 g/mol. The Labute approximate surface area is 327 Å². The van der Waals surface area contributed by atoms with E-state index in [0.29, 0.717) is 29.8 Å². The van der Waals surface area contributed by atoms with Crippen LogP contribution in [0.15, 0.2) is 151 Å². The van der Waals surface area contributed by atoms with Crippen LogP contribution in [0.5, 0.6) is 0 Å². The van der Waals surface area contributed by atoms with E-state index in [0.717, 1.165) is 45.2 Å². The number of hydrogen-bond donors (Lipinski definition) is 1. The lowest BCUT2D eigenvalue weighted by atomic mass is 10.0. The molecule has 0 atom stereocenters. The van der Waals surface area contributed by atoms with Crippen LogP contribution in [0.25, 0.3) is 21.8 Å². The summed E-state index contributed by atoms with van der Waals surface area (Å²) in [5.41, 5.74) is 9.94. The first-order chi connectivity index (χ1) is 26.7. The number of benzene rings is 4. The van der Waals surface area contributed by atoms with Crippen molar-refractivity contribution in [2.75, 3.05) is 7.11 Å².